The van der Waals surface area contributed by atoms with Gasteiger partial charge in [0.25, 0.3) is 0 Å². The molecule has 164 valence electrons. The molecule has 7 heteroatoms. The molecule has 3 rings (SSSR count). The van der Waals surface area contributed by atoms with Gasteiger partial charge in [-0.1, -0.05) is 43.5 Å². The van der Waals surface area contributed by atoms with Crippen LogP contribution >= 0.6 is 0 Å². The molecule has 3 aromatic carbocycles. The van der Waals surface area contributed by atoms with E-state index in [1.165, 1.54) is 30.2 Å². The van der Waals surface area contributed by atoms with Crippen molar-refractivity contribution in [2.75, 3.05) is 0 Å². The molecule has 0 aliphatic carbocycles. The fourth-order valence-corrected chi connectivity index (χ4v) is 2.97. The van der Waals surface area contributed by atoms with Crippen molar-refractivity contribution in [2.24, 2.45) is 0 Å². The fourth-order valence-electron chi connectivity index (χ4n) is 2.97. The lowest BCUT2D eigenvalue weighted by atomic mass is 10.0. The second kappa shape index (κ2) is 9.65. The first kappa shape index (κ1) is 23.0. The fraction of sp³-hybridized carbons (Fsp3) is 0.160. The van der Waals surface area contributed by atoms with Gasteiger partial charge in [0.15, 0.2) is 0 Å². The predicted octanol–water partition coefficient (Wildman–Crippen LogP) is 6.72. The van der Waals surface area contributed by atoms with E-state index in [0.717, 1.165) is 36.5 Å². The maximum atomic E-state index is 14.1. The highest BCUT2D eigenvalue weighted by Crippen LogP contribution is 2.27. The molecule has 0 saturated heterocycles. The topological polar surface area (TPSA) is 26.3 Å². The lowest BCUT2D eigenvalue weighted by Crippen LogP contribution is -2.08. The van der Waals surface area contributed by atoms with Crippen LogP contribution in [0, 0.1) is 23.5 Å². The predicted molar refractivity (Wildman–Crippen MR) is 110 cm³/mol. The van der Waals surface area contributed by atoms with Crippen molar-refractivity contribution >= 4 is 5.97 Å². The number of ether oxygens (including phenoxy) is 1. The second-order valence-corrected chi connectivity index (χ2v) is 6.92. The van der Waals surface area contributed by atoms with Gasteiger partial charge >= 0.3 is 12.1 Å². The third-order valence-corrected chi connectivity index (χ3v) is 4.50. The van der Waals surface area contributed by atoms with E-state index >= 15 is 0 Å². The monoisotopic (exact) mass is 444 g/mol. The number of halogens is 5. The first-order chi connectivity index (χ1) is 15.2. The third kappa shape index (κ3) is 5.94. The second-order valence-electron chi connectivity index (χ2n) is 6.92. The number of hydrogen-bond donors (Lipinski definition) is 0. The molecule has 0 N–H and O–H groups in total. The SMILES string of the molecule is CCCc1ccc(C(=O)Oc2ccc(-c3cc(F)c(C#CC(F)(F)F)c(F)c3)cc2)cc1. The largest absolute Gasteiger partial charge is 0.458 e. The zero-order chi connectivity index (χ0) is 23.3. The van der Waals surface area contributed by atoms with Gasteiger partial charge in [-0.25, -0.2) is 13.6 Å². The van der Waals surface area contributed by atoms with Gasteiger partial charge in [-0.15, -0.1) is 0 Å². The summed E-state index contributed by atoms with van der Waals surface area (Å²) in [5, 5.41) is 0. The van der Waals surface area contributed by atoms with Crippen LogP contribution in [0.3, 0.4) is 0 Å². The lowest BCUT2D eigenvalue weighted by molar-refractivity contribution is -0.0696. The molecular formula is C25H17F5O2. The van der Waals surface area contributed by atoms with E-state index in [4.69, 9.17) is 4.74 Å². The van der Waals surface area contributed by atoms with Crippen molar-refractivity contribution in [3.8, 4) is 28.7 Å². The van der Waals surface area contributed by atoms with Crippen LogP contribution in [0.1, 0.15) is 34.8 Å². The minimum Gasteiger partial charge on any atom is -0.423 e. The number of hydrogen-bond acceptors (Lipinski definition) is 2. The summed E-state index contributed by atoms with van der Waals surface area (Å²) in [6, 6.07) is 14.7. The summed E-state index contributed by atoms with van der Waals surface area (Å²) < 4.78 is 70.1. The van der Waals surface area contributed by atoms with Gasteiger partial charge < -0.3 is 4.74 Å². The molecule has 0 fully saturated rings. The Bertz CT molecular complexity index is 1150. The molecule has 0 spiro atoms. The molecular weight excluding hydrogens is 427 g/mol. The highest BCUT2D eigenvalue weighted by atomic mass is 19.4. The third-order valence-electron chi connectivity index (χ3n) is 4.50. The smallest absolute Gasteiger partial charge is 0.423 e. The Hall–Kier alpha value is -3.66. The van der Waals surface area contributed by atoms with E-state index in [-0.39, 0.29) is 11.3 Å². The number of carbonyl (C=O) groups excluding carboxylic acids is 1. The molecule has 0 unspecified atom stereocenters. The lowest BCUT2D eigenvalue weighted by Gasteiger charge is -2.08. The van der Waals surface area contributed by atoms with Crippen molar-refractivity contribution in [2.45, 2.75) is 25.9 Å². The Labute approximate surface area is 181 Å². The molecule has 0 aliphatic heterocycles. The van der Waals surface area contributed by atoms with Gasteiger partial charge in [0.05, 0.1) is 11.1 Å². The average molecular weight is 444 g/mol. The molecule has 32 heavy (non-hydrogen) atoms. The Kier molecular flexibility index (Phi) is 6.94. The van der Waals surface area contributed by atoms with Crippen LogP contribution in [-0.4, -0.2) is 12.1 Å². The minimum atomic E-state index is -4.86. The van der Waals surface area contributed by atoms with E-state index < -0.39 is 29.3 Å². The molecule has 0 radical (unpaired) electrons. The van der Waals surface area contributed by atoms with Gasteiger partial charge in [-0.05, 0) is 59.5 Å². The molecule has 0 amide bonds. The number of rotatable bonds is 5. The summed E-state index contributed by atoms with van der Waals surface area (Å²) in [5.41, 5.74) is 1.02. The zero-order valence-electron chi connectivity index (χ0n) is 16.9. The van der Waals surface area contributed by atoms with Crippen molar-refractivity contribution < 1.29 is 31.5 Å². The summed E-state index contributed by atoms with van der Waals surface area (Å²) in [5.74, 6) is -0.420. The maximum absolute atomic E-state index is 14.1. The molecule has 0 saturated carbocycles. The molecule has 0 bridgehead atoms. The number of esters is 1. The van der Waals surface area contributed by atoms with Crippen LogP contribution in [-0.2, 0) is 6.42 Å². The van der Waals surface area contributed by atoms with Gasteiger partial charge in [-0.3, -0.25) is 0 Å². The number of aryl methyl sites for hydroxylation is 1. The van der Waals surface area contributed by atoms with Crippen LogP contribution in [0.15, 0.2) is 60.7 Å². The van der Waals surface area contributed by atoms with Crippen molar-refractivity contribution in [1.82, 2.24) is 0 Å². The summed E-state index contributed by atoms with van der Waals surface area (Å²) in [6.45, 7) is 2.06. The summed E-state index contributed by atoms with van der Waals surface area (Å²) in [7, 11) is 0. The Morgan fingerprint density at radius 2 is 1.50 bits per heavy atom. The zero-order valence-corrected chi connectivity index (χ0v) is 16.9. The van der Waals surface area contributed by atoms with Crippen LogP contribution in [0.25, 0.3) is 11.1 Å². The maximum Gasteiger partial charge on any atom is 0.458 e. The van der Waals surface area contributed by atoms with E-state index in [1.54, 1.807) is 12.1 Å². The quantitative estimate of drug-likeness (QED) is 0.189. The summed E-state index contributed by atoms with van der Waals surface area (Å²) in [4.78, 5) is 12.3. The first-order valence-corrected chi connectivity index (χ1v) is 9.67. The highest BCUT2D eigenvalue weighted by Gasteiger charge is 2.23. The van der Waals surface area contributed by atoms with Crippen LogP contribution in [0.5, 0.6) is 5.75 Å². The van der Waals surface area contributed by atoms with E-state index in [9.17, 15) is 26.7 Å². The normalized spacial score (nSPS) is 10.9. The van der Waals surface area contributed by atoms with E-state index in [1.807, 2.05) is 12.1 Å². The van der Waals surface area contributed by atoms with Gasteiger partial charge in [0.2, 0.25) is 0 Å². The first-order valence-electron chi connectivity index (χ1n) is 9.67. The minimum absolute atomic E-state index is 0.0990. The molecule has 0 heterocycles. The van der Waals surface area contributed by atoms with Gasteiger partial charge in [-0.2, -0.15) is 13.2 Å². The van der Waals surface area contributed by atoms with Crippen molar-refractivity contribution in [3.63, 3.8) is 0 Å². The molecule has 0 atom stereocenters. The number of alkyl halides is 3. The molecule has 0 aromatic heterocycles. The highest BCUT2D eigenvalue weighted by molar-refractivity contribution is 5.91. The van der Waals surface area contributed by atoms with E-state index in [2.05, 4.69) is 6.92 Å². The Morgan fingerprint density at radius 1 is 0.906 bits per heavy atom. The summed E-state index contributed by atoms with van der Waals surface area (Å²) >= 11 is 0. The Balaban J connectivity index is 1.75. The average Bonchev–Trinajstić information content (AvgIpc) is 2.73. The molecule has 2 nitrogen and oxygen atoms in total. The molecule has 3 aromatic rings. The molecule has 0 aliphatic rings. The van der Waals surface area contributed by atoms with Crippen LogP contribution in [0.2, 0.25) is 0 Å². The Morgan fingerprint density at radius 3 is 2.03 bits per heavy atom. The van der Waals surface area contributed by atoms with Gasteiger partial charge in [0.1, 0.15) is 17.4 Å². The number of benzene rings is 3. The van der Waals surface area contributed by atoms with Crippen molar-refractivity contribution in [1.29, 1.82) is 0 Å². The van der Waals surface area contributed by atoms with E-state index in [0.29, 0.717) is 11.1 Å². The summed E-state index contributed by atoms with van der Waals surface area (Å²) in [6.07, 6.45) is -2.95. The van der Waals surface area contributed by atoms with Crippen LogP contribution in [0.4, 0.5) is 22.0 Å². The standard InChI is InChI=1S/C25H17F5O2/c1-2-3-16-4-6-18(7-5-16)24(31)32-20-10-8-17(9-11-20)19-14-22(26)21(23(27)15-19)12-13-25(28,29)30/h4-11,14-15H,2-3H2,1H3. The van der Waals surface area contributed by atoms with Gasteiger partial charge in [0, 0.05) is 5.92 Å². The van der Waals surface area contributed by atoms with Crippen LogP contribution < -0.4 is 4.74 Å². The van der Waals surface area contributed by atoms with Crippen molar-refractivity contribution in [3.05, 3.63) is 89.0 Å². The number of carbonyl (C=O) groups is 1.